The number of carboxylic acids is 1. The van der Waals surface area contributed by atoms with Gasteiger partial charge < -0.3 is 15.7 Å². The van der Waals surface area contributed by atoms with E-state index in [2.05, 4.69) is 23.6 Å². The van der Waals surface area contributed by atoms with E-state index in [9.17, 15) is 4.79 Å². The highest BCUT2D eigenvalue weighted by Crippen LogP contribution is 2.16. The monoisotopic (exact) mass is 314 g/mol. The smallest absolute Gasteiger partial charge is 0.307 e. The summed E-state index contributed by atoms with van der Waals surface area (Å²) in [6.45, 7) is 2.10. The Labute approximate surface area is 135 Å². The first-order chi connectivity index (χ1) is 10.6. The van der Waals surface area contributed by atoms with Gasteiger partial charge >= 0.3 is 5.97 Å². The van der Waals surface area contributed by atoms with Gasteiger partial charge in [-0.2, -0.15) is 0 Å². The molecule has 0 saturated heterocycles. The lowest BCUT2D eigenvalue weighted by Gasteiger charge is -2.13. The number of nitrogens with one attached hydrogen (secondary N) is 2. The van der Waals surface area contributed by atoms with Crippen molar-refractivity contribution >= 4 is 34.7 Å². The number of anilines is 2. The molecular formula is C17H18N2O2S. The van der Waals surface area contributed by atoms with Crippen LogP contribution in [-0.4, -0.2) is 16.2 Å². The standard InChI is InChI=1S/C17H18N2O2S/c1-2-13-5-3-4-6-15(13)19-17(22)18-14-9-7-12(8-10-14)11-16(20)21/h3-10H,2,11H2,1H3,(H,20,21)(H2,18,19,22). The summed E-state index contributed by atoms with van der Waals surface area (Å²) in [6, 6.07) is 15.2. The van der Waals surface area contributed by atoms with Crippen molar-refractivity contribution in [2.75, 3.05) is 10.6 Å². The SMILES string of the molecule is CCc1ccccc1NC(=S)Nc1ccc(CC(=O)O)cc1. The van der Waals surface area contributed by atoms with Crippen LogP contribution in [0.25, 0.3) is 0 Å². The molecule has 3 N–H and O–H groups in total. The molecule has 0 atom stereocenters. The summed E-state index contributed by atoms with van der Waals surface area (Å²) in [7, 11) is 0. The van der Waals surface area contributed by atoms with Crippen LogP contribution < -0.4 is 10.6 Å². The Balaban J connectivity index is 1.98. The molecule has 0 aliphatic rings. The second-order valence-corrected chi connectivity index (χ2v) is 5.27. The number of aliphatic carboxylic acids is 1. The van der Waals surface area contributed by atoms with E-state index in [4.69, 9.17) is 17.3 Å². The molecule has 0 aliphatic heterocycles. The van der Waals surface area contributed by atoms with Gasteiger partial charge in [0.2, 0.25) is 0 Å². The number of aryl methyl sites for hydroxylation is 1. The number of carbonyl (C=O) groups is 1. The van der Waals surface area contributed by atoms with E-state index in [1.54, 1.807) is 12.1 Å². The highest BCUT2D eigenvalue weighted by Gasteiger charge is 2.04. The molecular weight excluding hydrogens is 296 g/mol. The maximum absolute atomic E-state index is 10.6. The zero-order valence-electron chi connectivity index (χ0n) is 12.3. The lowest BCUT2D eigenvalue weighted by molar-refractivity contribution is -0.136. The number of benzene rings is 2. The summed E-state index contributed by atoms with van der Waals surface area (Å²) in [5, 5.41) is 15.5. The van der Waals surface area contributed by atoms with Crippen molar-refractivity contribution in [2.45, 2.75) is 19.8 Å². The van der Waals surface area contributed by atoms with Crippen molar-refractivity contribution in [1.82, 2.24) is 0 Å². The van der Waals surface area contributed by atoms with E-state index in [1.807, 2.05) is 30.3 Å². The fourth-order valence-corrected chi connectivity index (χ4v) is 2.34. The largest absolute Gasteiger partial charge is 0.481 e. The molecule has 0 bridgehead atoms. The van der Waals surface area contributed by atoms with Crippen LogP contribution in [0.4, 0.5) is 11.4 Å². The Morgan fingerprint density at radius 2 is 1.77 bits per heavy atom. The van der Waals surface area contributed by atoms with Crippen molar-refractivity contribution in [3.63, 3.8) is 0 Å². The van der Waals surface area contributed by atoms with Crippen LogP contribution >= 0.6 is 12.2 Å². The first-order valence-corrected chi connectivity index (χ1v) is 7.46. The summed E-state index contributed by atoms with van der Waals surface area (Å²) in [5.74, 6) is -0.839. The molecule has 0 spiro atoms. The van der Waals surface area contributed by atoms with Gasteiger partial charge in [0.25, 0.3) is 0 Å². The third kappa shape index (κ3) is 4.56. The third-order valence-electron chi connectivity index (χ3n) is 3.21. The summed E-state index contributed by atoms with van der Waals surface area (Å²) >= 11 is 5.31. The molecule has 2 rings (SSSR count). The van der Waals surface area contributed by atoms with Crippen LogP contribution in [0, 0.1) is 0 Å². The van der Waals surface area contributed by atoms with E-state index in [-0.39, 0.29) is 6.42 Å². The van der Waals surface area contributed by atoms with Gasteiger partial charge in [-0.05, 0) is 48.0 Å². The van der Waals surface area contributed by atoms with Gasteiger partial charge in [0.05, 0.1) is 6.42 Å². The first kappa shape index (κ1) is 16.0. The molecule has 2 aromatic rings. The predicted molar refractivity (Wildman–Crippen MR) is 93.4 cm³/mol. The van der Waals surface area contributed by atoms with Crippen LogP contribution in [-0.2, 0) is 17.6 Å². The van der Waals surface area contributed by atoms with Gasteiger partial charge in [-0.25, -0.2) is 0 Å². The zero-order chi connectivity index (χ0) is 15.9. The second kappa shape index (κ2) is 7.56. The van der Waals surface area contributed by atoms with Gasteiger partial charge in [-0.3, -0.25) is 4.79 Å². The van der Waals surface area contributed by atoms with E-state index in [1.165, 1.54) is 5.56 Å². The Hall–Kier alpha value is -2.40. The van der Waals surface area contributed by atoms with Crippen molar-refractivity contribution in [2.24, 2.45) is 0 Å². The van der Waals surface area contributed by atoms with E-state index >= 15 is 0 Å². The normalized spacial score (nSPS) is 10.0. The fraction of sp³-hybridized carbons (Fsp3) is 0.176. The molecule has 0 unspecified atom stereocenters. The fourth-order valence-electron chi connectivity index (χ4n) is 2.12. The molecule has 0 aliphatic carbocycles. The Kier molecular flexibility index (Phi) is 5.49. The molecule has 0 fully saturated rings. The van der Waals surface area contributed by atoms with E-state index in [0.29, 0.717) is 5.11 Å². The molecule has 114 valence electrons. The van der Waals surface area contributed by atoms with Crippen LogP contribution in [0.2, 0.25) is 0 Å². The van der Waals surface area contributed by atoms with Crippen LogP contribution in [0.3, 0.4) is 0 Å². The average molecular weight is 314 g/mol. The van der Waals surface area contributed by atoms with E-state index < -0.39 is 5.97 Å². The van der Waals surface area contributed by atoms with Gasteiger partial charge in [-0.1, -0.05) is 37.3 Å². The Morgan fingerprint density at radius 1 is 1.09 bits per heavy atom. The summed E-state index contributed by atoms with van der Waals surface area (Å²) in [4.78, 5) is 10.6. The molecule has 5 heteroatoms. The molecule has 0 aromatic heterocycles. The molecule has 4 nitrogen and oxygen atoms in total. The number of para-hydroxylation sites is 1. The van der Waals surface area contributed by atoms with Crippen molar-refractivity contribution in [3.8, 4) is 0 Å². The van der Waals surface area contributed by atoms with Gasteiger partial charge in [0.15, 0.2) is 5.11 Å². The van der Waals surface area contributed by atoms with Crippen molar-refractivity contribution in [1.29, 1.82) is 0 Å². The molecule has 0 heterocycles. The first-order valence-electron chi connectivity index (χ1n) is 7.05. The Bertz CT molecular complexity index is 669. The minimum atomic E-state index is -0.839. The topological polar surface area (TPSA) is 61.4 Å². The highest BCUT2D eigenvalue weighted by molar-refractivity contribution is 7.80. The van der Waals surface area contributed by atoms with Gasteiger partial charge in [0.1, 0.15) is 0 Å². The second-order valence-electron chi connectivity index (χ2n) is 4.86. The number of hydrogen-bond donors (Lipinski definition) is 3. The summed E-state index contributed by atoms with van der Waals surface area (Å²) in [5.41, 5.74) is 3.77. The van der Waals surface area contributed by atoms with Crippen LogP contribution in [0.1, 0.15) is 18.1 Å². The van der Waals surface area contributed by atoms with E-state index in [0.717, 1.165) is 23.4 Å². The molecule has 0 saturated carbocycles. The maximum atomic E-state index is 10.6. The molecule has 2 aromatic carbocycles. The average Bonchev–Trinajstić information content (AvgIpc) is 2.49. The van der Waals surface area contributed by atoms with Gasteiger partial charge in [0, 0.05) is 11.4 Å². The predicted octanol–water partition coefficient (Wildman–Crippen LogP) is 3.69. The number of hydrogen-bond acceptors (Lipinski definition) is 2. The lowest BCUT2D eigenvalue weighted by Crippen LogP contribution is -2.19. The van der Waals surface area contributed by atoms with Gasteiger partial charge in [-0.15, -0.1) is 0 Å². The van der Waals surface area contributed by atoms with Crippen molar-refractivity contribution in [3.05, 3.63) is 59.7 Å². The lowest BCUT2D eigenvalue weighted by atomic mass is 10.1. The Morgan fingerprint density at radius 3 is 2.41 bits per heavy atom. The summed E-state index contributed by atoms with van der Waals surface area (Å²) < 4.78 is 0. The molecule has 22 heavy (non-hydrogen) atoms. The number of rotatable bonds is 5. The quantitative estimate of drug-likeness (QED) is 0.735. The minimum Gasteiger partial charge on any atom is -0.481 e. The highest BCUT2D eigenvalue weighted by atomic mass is 32.1. The molecule has 0 amide bonds. The van der Waals surface area contributed by atoms with Crippen molar-refractivity contribution < 1.29 is 9.90 Å². The number of thiocarbonyl (C=S) groups is 1. The van der Waals surface area contributed by atoms with Crippen LogP contribution in [0.5, 0.6) is 0 Å². The zero-order valence-corrected chi connectivity index (χ0v) is 13.1. The third-order valence-corrected chi connectivity index (χ3v) is 3.42. The molecule has 0 radical (unpaired) electrons. The minimum absolute atomic E-state index is 0.0207. The number of carboxylic acid groups (broad SMARTS) is 1. The van der Waals surface area contributed by atoms with Crippen LogP contribution in [0.15, 0.2) is 48.5 Å². The summed E-state index contributed by atoms with van der Waals surface area (Å²) in [6.07, 6.45) is 0.947. The maximum Gasteiger partial charge on any atom is 0.307 e.